The number of carbonyl (C=O) groups excluding carboxylic acids is 1. The second-order valence-corrected chi connectivity index (χ2v) is 8.24. The molecule has 0 aliphatic heterocycles. The summed E-state index contributed by atoms with van der Waals surface area (Å²) in [6.45, 7) is 0. The van der Waals surface area contributed by atoms with Crippen molar-refractivity contribution in [2.45, 2.75) is 11.4 Å². The van der Waals surface area contributed by atoms with Crippen LogP contribution in [0.25, 0.3) is 0 Å². The lowest BCUT2D eigenvalue weighted by molar-refractivity contribution is -0.0500. The third-order valence-electron chi connectivity index (χ3n) is 4.23. The Hall–Kier alpha value is -2.84. The van der Waals surface area contributed by atoms with Crippen LogP contribution in [0.15, 0.2) is 78.9 Å². The number of Topliss-reactive ketones (excluding diaryl/α,β-unsaturated/α-hetero) is 1. The molecule has 1 unspecified atom stereocenters. The van der Waals surface area contributed by atoms with Crippen LogP contribution in [0.2, 0.25) is 5.02 Å². The summed E-state index contributed by atoms with van der Waals surface area (Å²) in [4.78, 5) is 13.2. The number of halogens is 4. The Balaban J connectivity index is 1.98. The van der Waals surface area contributed by atoms with Gasteiger partial charge in [-0.2, -0.15) is 21.6 Å². The third kappa shape index (κ3) is 4.83. The molecule has 0 fully saturated rings. The van der Waals surface area contributed by atoms with Gasteiger partial charge in [-0.05, 0) is 35.4 Å². The van der Waals surface area contributed by atoms with E-state index in [1.807, 2.05) is 0 Å². The molecule has 0 radical (unpaired) electrons. The molecule has 9 heteroatoms. The van der Waals surface area contributed by atoms with E-state index in [4.69, 9.17) is 11.6 Å². The number of carbonyl (C=O) groups is 1. The summed E-state index contributed by atoms with van der Waals surface area (Å²) in [7, 11) is -5.78. The molecular weight excluding hydrogens is 441 g/mol. The molecule has 3 rings (SSSR count). The summed E-state index contributed by atoms with van der Waals surface area (Å²) < 4.78 is 64.0. The van der Waals surface area contributed by atoms with E-state index >= 15 is 0 Å². The van der Waals surface area contributed by atoms with Crippen LogP contribution in [-0.2, 0) is 10.1 Å². The van der Waals surface area contributed by atoms with Gasteiger partial charge in [0.25, 0.3) is 0 Å². The predicted molar refractivity (Wildman–Crippen MR) is 106 cm³/mol. The fourth-order valence-electron chi connectivity index (χ4n) is 2.81. The Bertz CT molecular complexity index is 1130. The number of hydrogen-bond donors (Lipinski definition) is 0. The van der Waals surface area contributed by atoms with E-state index < -0.39 is 27.3 Å². The van der Waals surface area contributed by atoms with Crippen molar-refractivity contribution in [3.05, 3.63) is 101 Å². The van der Waals surface area contributed by atoms with E-state index in [0.29, 0.717) is 21.7 Å². The zero-order chi connectivity index (χ0) is 21.9. The molecule has 0 aliphatic rings. The smallest absolute Gasteiger partial charge is 0.376 e. The summed E-state index contributed by atoms with van der Waals surface area (Å²) in [6, 6.07) is 19.9. The minimum atomic E-state index is -5.78. The maximum Gasteiger partial charge on any atom is 0.534 e. The lowest BCUT2D eigenvalue weighted by Gasteiger charge is -2.18. The average Bonchev–Trinajstić information content (AvgIpc) is 2.70. The molecule has 0 saturated carbocycles. The Morgan fingerprint density at radius 2 is 1.33 bits per heavy atom. The maximum absolute atomic E-state index is 13.2. The summed E-state index contributed by atoms with van der Waals surface area (Å²) in [6.07, 6.45) is 0. The van der Waals surface area contributed by atoms with E-state index in [1.54, 1.807) is 54.6 Å². The van der Waals surface area contributed by atoms with Crippen LogP contribution in [0.3, 0.4) is 0 Å². The maximum atomic E-state index is 13.2. The van der Waals surface area contributed by atoms with Crippen molar-refractivity contribution >= 4 is 27.5 Å². The zero-order valence-corrected chi connectivity index (χ0v) is 16.7. The van der Waals surface area contributed by atoms with Gasteiger partial charge < -0.3 is 4.18 Å². The first kappa shape index (κ1) is 21.9. The first-order valence-corrected chi connectivity index (χ1v) is 10.3. The topological polar surface area (TPSA) is 60.4 Å². The van der Waals surface area contributed by atoms with Crippen molar-refractivity contribution in [1.82, 2.24) is 0 Å². The molecule has 0 N–H and O–H groups in total. The van der Waals surface area contributed by atoms with Crippen LogP contribution >= 0.6 is 11.6 Å². The molecule has 4 nitrogen and oxygen atoms in total. The van der Waals surface area contributed by atoms with E-state index in [9.17, 15) is 26.4 Å². The zero-order valence-electron chi connectivity index (χ0n) is 15.1. The fraction of sp³-hybridized carbons (Fsp3) is 0.0952. The number of benzene rings is 3. The fourth-order valence-corrected chi connectivity index (χ4v) is 3.39. The Kier molecular flexibility index (Phi) is 6.19. The van der Waals surface area contributed by atoms with Crippen LogP contribution in [0.1, 0.15) is 27.4 Å². The van der Waals surface area contributed by atoms with Crippen LogP contribution < -0.4 is 4.18 Å². The highest BCUT2D eigenvalue weighted by atomic mass is 35.5. The Labute approximate surface area is 176 Å². The van der Waals surface area contributed by atoms with Gasteiger partial charge in [-0.1, -0.05) is 66.2 Å². The molecule has 0 aliphatic carbocycles. The monoisotopic (exact) mass is 454 g/mol. The van der Waals surface area contributed by atoms with Crippen molar-refractivity contribution in [2.75, 3.05) is 0 Å². The van der Waals surface area contributed by atoms with Gasteiger partial charge in [-0.25, -0.2) is 0 Å². The SMILES string of the molecule is O=C(c1ccccc1)C(c1ccc(Cl)cc1)c1ccc(OS(=O)(=O)C(F)(F)F)cc1. The lowest BCUT2D eigenvalue weighted by atomic mass is 9.85. The van der Waals surface area contributed by atoms with Gasteiger partial charge in [0, 0.05) is 10.6 Å². The summed E-state index contributed by atoms with van der Waals surface area (Å²) >= 11 is 5.93. The molecule has 0 bridgehead atoms. The van der Waals surface area contributed by atoms with Crippen LogP contribution in [0.4, 0.5) is 13.2 Å². The van der Waals surface area contributed by atoms with E-state index in [-0.39, 0.29) is 5.78 Å². The van der Waals surface area contributed by atoms with Gasteiger partial charge >= 0.3 is 15.6 Å². The minimum Gasteiger partial charge on any atom is -0.376 e. The van der Waals surface area contributed by atoms with Crippen LogP contribution in [0.5, 0.6) is 5.75 Å². The molecule has 0 saturated heterocycles. The van der Waals surface area contributed by atoms with Gasteiger partial charge in [0.15, 0.2) is 5.78 Å². The standard InChI is InChI=1S/C21H14ClF3O4S/c22-17-10-6-14(7-11-17)19(20(26)16-4-2-1-3-5-16)15-8-12-18(13-9-15)29-30(27,28)21(23,24)25/h1-13,19H. The van der Waals surface area contributed by atoms with Gasteiger partial charge in [-0.15, -0.1) is 0 Å². The van der Waals surface area contributed by atoms with Crippen molar-refractivity contribution < 1.29 is 30.6 Å². The van der Waals surface area contributed by atoms with E-state index in [0.717, 1.165) is 12.1 Å². The van der Waals surface area contributed by atoms with Gasteiger partial charge in [0.05, 0.1) is 5.92 Å². The highest BCUT2D eigenvalue weighted by molar-refractivity contribution is 7.88. The van der Waals surface area contributed by atoms with Crippen molar-refractivity contribution in [2.24, 2.45) is 0 Å². The highest BCUT2D eigenvalue weighted by Crippen LogP contribution is 2.32. The number of hydrogen-bond acceptors (Lipinski definition) is 4. The molecular formula is C21H14ClF3O4S. The number of rotatable bonds is 6. The predicted octanol–water partition coefficient (Wildman–Crippen LogP) is 5.58. The van der Waals surface area contributed by atoms with Gasteiger partial charge in [-0.3, -0.25) is 4.79 Å². The average molecular weight is 455 g/mol. The van der Waals surface area contributed by atoms with Crippen molar-refractivity contribution in [1.29, 1.82) is 0 Å². The quantitative estimate of drug-likeness (QED) is 0.277. The third-order valence-corrected chi connectivity index (χ3v) is 5.46. The molecule has 156 valence electrons. The molecule has 3 aromatic rings. The highest BCUT2D eigenvalue weighted by Gasteiger charge is 2.48. The molecule has 0 heterocycles. The first-order chi connectivity index (χ1) is 14.1. The van der Waals surface area contributed by atoms with Crippen LogP contribution in [-0.4, -0.2) is 19.7 Å². The van der Waals surface area contributed by atoms with E-state index in [1.165, 1.54) is 12.1 Å². The molecule has 0 amide bonds. The second-order valence-electron chi connectivity index (χ2n) is 6.27. The van der Waals surface area contributed by atoms with Crippen LogP contribution in [0, 0.1) is 0 Å². The van der Waals surface area contributed by atoms with Gasteiger partial charge in [0.2, 0.25) is 0 Å². The lowest BCUT2D eigenvalue weighted by Crippen LogP contribution is -2.28. The van der Waals surface area contributed by atoms with Crippen molar-refractivity contribution in [3.63, 3.8) is 0 Å². The molecule has 30 heavy (non-hydrogen) atoms. The van der Waals surface area contributed by atoms with Crippen molar-refractivity contribution in [3.8, 4) is 5.75 Å². The first-order valence-electron chi connectivity index (χ1n) is 8.54. The number of alkyl halides is 3. The summed E-state index contributed by atoms with van der Waals surface area (Å²) in [5.41, 5.74) is -4.04. The molecule has 0 spiro atoms. The normalized spacial score (nSPS) is 12.9. The molecule has 1 atom stereocenters. The number of ketones is 1. The Morgan fingerprint density at radius 3 is 1.83 bits per heavy atom. The van der Waals surface area contributed by atoms with Gasteiger partial charge in [0.1, 0.15) is 5.75 Å². The Morgan fingerprint density at radius 1 is 0.833 bits per heavy atom. The summed E-state index contributed by atoms with van der Waals surface area (Å²) in [5.74, 6) is -1.54. The molecule has 0 aromatic heterocycles. The molecule has 3 aromatic carbocycles. The largest absolute Gasteiger partial charge is 0.534 e. The van der Waals surface area contributed by atoms with E-state index in [2.05, 4.69) is 4.18 Å². The second kappa shape index (κ2) is 8.49. The minimum absolute atomic E-state index is 0.241. The summed E-state index contributed by atoms with van der Waals surface area (Å²) in [5, 5.41) is 0.478.